The lowest BCUT2D eigenvalue weighted by Crippen LogP contribution is -2.33. The van der Waals surface area contributed by atoms with Crippen LogP contribution in [-0.2, 0) is 5.92 Å². The highest BCUT2D eigenvalue weighted by molar-refractivity contribution is 6.04. The molecule has 0 aliphatic carbocycles. The molecule has 9 heteroatoms. The fraction of sp³-hybridized carbons (Fsp3) is 0.143. The zero-order valence-electron chi connectivity index (χ0n) is 11.2. The summed E-state index contributed by atoms with van der Waals surface area (Å²) in [4.78, 5) is 15.0. The van der Waals surface area contributed by atoms with Crippen molar-refractivity contribution < 1.29 is 31.1 Å². The van der Waals surface area contributed by atoms with Crippen LogP contribution in [0.2, 0.25) is 0 Å². The Kier molecular flexibility index (Phi) is 4.31. The average Bonchev–Trinajstić information content (AvgIpc) is 2.47. The number of hydrogen-bond donors (Lipinski definition) is 1. The van der Waals surface area contributed by atoms with Crippen LogP contribution in [0, 0.1) is 5.95 Å². The average molecular weight is 334 g/mol. The van der Waals surface area contributed by atoms with Crippen molar-refractivity contribution in [2.45, 2.75) is 12.1 Å². The minimum Gasteiger partial charge on any atom is -0.322 e. The molecule has 1 aromatic heterocycles. The van der Waals surface area contributed by atoms with Gasteiger partial charge in [-0.3, -0.25) is 4.79 Å². The topological polar surface area (TPSA) is 42.0 Å². The molecule has 0 aliphatic rings. The Morgan fingerprint density at radius 2 is 1.61 bits per heavy atom. The Morgan fingerprint density at radius 3 is 2.13 bits per heavy atom. The van der Waals surface area contributed by atoms with E-state index in [0.29, 0.717) is 12.1 Å². The standard InChI is InChI=1S/C14H8F6N2O/c15-11-10(2-1-7-21-11)12(23)22-9-5-3-8(4-6-9)13(16,17)14(18,19)20/h1-7H,(H,22,23). The first kappa shape index (κ1) is 16.8. The normalized spacial score (nSPS) is 12.1. The number of nitrogens with one attached hydrogen (secondary N) is 1. The lowest BCUT2D eigenvalue weighted by molar-refractivity contribution is -0.289. The maximum Gasteiger partial charge on any atom is 0.458 e. The van der Waals surface area contributed by atoms with Gasteiger partial charge in [-0.25, -0.2) is 4.98 Å². The van der Waals surface area contributed by atoms with E-state index in [1.54, 1.807) is 0 Å². The summed E-state index contributed by atoms with van der Waals surface area (Å²) in [6, 6.07) is 5.24. The van der Waals surface area contributed by atoms with E-state index in [1.807, 2.05) is 0 Å². The number of pyridine rings is 1. The van der Waals surface area contributed by atoms with Gasteiger partial charge in [-0.2, -0.15) is 26.3 Å². The Labute approximate surface area is 126 Å². The molecule has 1 aromatic carbocycles. The van der Waals surface area contributed by atoms with Gasteiger partial charge in [0.05, 0.1) is 5.56 Å². The minimum atomic E-state index is -5.73. The lowest BCUT2D eigenvalue weighted by Gasteiger charge is -2.20. The zero-order valence-corrected chi connectivity index (χ0v) is 11.2. The van der Waals surface area contributed by atoms with Crippen LogP contribution in [0.25, 0.3) is 0 Å². The second kappa shape index (κ2) is 5.90. The summed E-state index contributed by atoms with van der Waals surface area (Å²) < 4.78 is 76.2. The van der Waals surface area contributed by atoms with E-state index < -0.39 is 35.1 Å². The van der Waals surface area contributed by atoms with Crippen LogP contribution >= 0.6 is 0 Å². The Balaban J connectivity index is 2.18. The van der Waals surface area contributed by atoms with E-state index in [1.165, 1.54) is 6.07 Å². The van der Waals surface area contributed by atoms with Crippen molar-refractivity contribution in [3.05, 3.63) is 59.7 Å². The minimum absolute atomic E-state index is 0.0695. The Hall–Kier alpha value is -2.58. The molecule has 0 fully saturated rings. The molecule has 1 amide bonds. The van der Waals surface area contributed by atoms with E-state index in [4.69, 9.17) is 0 Å². The molecule has 23 heavy (non-hydrogen) atoms. The zero-order chi connectivity index (χ0) is 17.3. The molecule has 2 aromatic rings. The number of alkyl halides is 5. The number of aromatic nitrogens is 1. The van der Waals surface area contributed by atoms with Gasteiger partial charge in [-0.05, 0) is 24.3 Å². The van der Waals surface area contributed by atoms with Crippen LogP contribution in [0.1, 0.15) is 15.9 Å². The van der Waals surface area contributed by atoms with Crippen LogP contribution in [0.5, 0.6) is 0 Å². The van der Waals surface area contributed by atoms with Crippen molar-refractivity contribution in [2.24, 2.45) is 0 Å². The highest BCUT2D eigenvalue weighted by atomic mass is 19.4. The predicted octanol–water partition coefficient (Wildman–Crippen LogP) is 4.13. The van der Waals surface area contributed by atoms with Gasteiger partial charge in [0.1, 0.15) is 0 Å². The molecule has 0 saturated heterocycles. The number of anilines is 1. The van der Waals surface area contributed by atoms with Gasteiger partial charge in [0, 0.05) is 17.4 Å². The van der Waals surface area contributed by atoms with E-state index >= 15 is 0 Å². The summed E-state index contributed by atoms with van der Waals surface area (Å²) >= 11 is 0. The van der Waals surface area contributed by atoms with Gasteiger partial charge in [-0.1, -0.05) is 12.1 Å². The van der Waals surface area contributed by atoms with Gasteiger partial charge < -0.3 is 5.32 Å². The van der Waals surface area contributed by atoms with Gasteiger partial charge >= 0.3 is 12.1 Å². The quantitative estimate of drug-likeness (QED) is 0.677. The number of rotatable bonds is 3. The van der Waals surface area contributed by atoms with E-state index in [9.17, 15) is 31.1 Å². The van der Waals surface area contributed by atoms with Crippen molar-refractivity contribution in [3.63, 3.8) is 0 Å². The van der Waals surface area contributed by atoms with Crippen molar-refractivity contribution >= 4 is 11.6 Å². The molecule has 3 nitrogen and oxygen atoms in total. The Morgan fingerprint density at radius 1 is 1.00 bits per heavy atom. The third kappa shape index (κ3) is 3.43. The van der Waals surface area contributed by atoms with E-state index in [-0.39, 0.29) is 5.69 Å². The molecule has 1 heterocycles. The van der Waals surface area contributed by atoms with Crippen molar-refractivity contribution in [3.8, 4) is 0 Å². The number of amides is 1. The first-order chi connectivity index (χ1) is 10.6. The summed E-state index contributed by atoms with van der Waals surface area (Å²) in [6.45, 7) is 0. The molecular weight excluding hydrogens is 326 g/mol. The largest absolute Gasteiger partial charge is 0.458 e. The molecule has 0 saturated carbocycles. The third-order valence-corrected chi connectivity index (χ3v) is 2.87. The molecule has 0 bridgehead atoms. The highest BCUT2D eigenvalue weighted by Gasteiger charge is 2.58. The molecule has 0 aliphatic heterocycles. The Bertz CT molecular complexity index is 712. The SMILES string of the molecule is O=C(Nc1ccc(C(F)(F)C(F)(F)F)cc1)c1cccnc1F. The van der Waals surface area contributed by atoms with Crippen molar-refractivity contribution in [1.29, 1.82) is 0 Å². The summed E-state index contributed by atoms with van der Waals surface area (Å²) in [5.74, 6) is -6.96. The predicted molar refractivity (Wildman–Crippen MR) is 68.5 cm³/mol. The second-order valence-corrected chi connectivity index (χ2v) is 4.45. The fourth-order valence-corrected chi connectivity index (χ4v) is 1.68. The molecule has 122 valence electrons. The molecule has 0 atom stereocenters. The summed E-state index contributed by atoms with van der Waals surface area (Å²) in [5.41, 5.74) is -1.73. The molecule has 1 N–H and O–H groups in total. The summed E-state index contributed by atoms with van der Waals surface area (Å²) in [6.07, 6.45) is -4.60. The second-order valence-electron chi connectivity index (χ2n) is 4.45. The van der Waals surface area contributed by atoms with Gasteiger partial charge in [-0.15, -0.1) is 0 Å². The van der Waals surface area contributed by atoms with Crippen LogP contribution in [0.3, 0.4) is 0 Å². The van der Waals surface area contributed by atoms with E-state index in [0.717, 1.165) is 24.4 Å². The lowest BCUT2D eigenvalue weighted by atomic mass is 10.1. The van der Waals surface area contributed by atoms with Crippen LogP contribution in [-0.4, -0.2) is 17.1 Å². The van der Waals surface area contributed by atoms with Gasteiger partial charge in [0.2, 0.25) is 5.95 Å². The third-order valence-electron chi connectivity index (χ3n) is 2.87. The molecule has 0 unspecified atom stereocenters. The first-order valence-electron chi connectivity index (χ1n) is 6.10. The number of nitrogens with zero attached hydrogens (tertiary/aromatic N) is 1. The smallest absolute Gasteiger partial charge is 0.322 e. The molecule has 2 rings (SSSR count). The number of benzene rings is 1. The molecule has 0 radical (unpaired) electrons. The number of carbonyl (C=O) groups is 1. The van der Waals surface area contributed by atoms with Crippen LogP contribution in [0.15, 0.2) is 42.6 Å². The number of halogens is 6. The monoisotopic (exact) mass is 334 g/mol. The van der Waals surface area contributed by atoms with E-state index in [2.05, 4.69) is 10.3 Å². The first-order valence-corrected chi connectivity index (χ1v) is 6.10. The maximum atomic E-state index is 13.3. The summed E-state index contributed by atoms with van der Waals surface area (Å²) in [5, 5.41) is 2.17. The van der Waals surface area contributed by atoms with Crippen LogP contribution in [0.4, 0.5) is 32.0 Å². The van der Waals surface area contributed by atoms with Crippen LogP contribution < -0.4 is 5.32 Å². The highest BCUT2D eigenvalue weighted by Crippen LogP contribution is 2.43. The maximum absolute atomic E-state index is 13.3. The van der Waals surface area contributed by atoms with Crippen molar-refractivity contribution in [2.75, 3.05) is 5.32 Å². The van der Waals surface area contributed by atoms with Gasteiger partial charge in [0.15, 0.2) is 0 Å². The van der Waals surface area contributed by atoms with Crippen molar-refractivity contribution in [1.82, 2.24) is 4.98 Å². The number of hydrogen-bond acceptors (Lipinski definition) is 2. The molecular formula is C14H8F6N2O. The fourth-order valence-electron chi connectivity index (χ4n) is 1.68. The van der Waals surface area contributed by atoms with Gasteiger partial charge in [0.25, 0.3) is 5.91 Å². The molecule has 0 spiro atoms. The summed E-state index contributed by atoms with van der Waals surface area (Å²) in [7, 11) is 0. The number of carbonyl (C=O) groups excluding carboxylic acids is 1.